The quantitative estimate of drug-likeness (QED) is 0.137. The first-order valence-electron chi connectivity index (χ1n) is 18.8. The van der Waals surface area contributed by atoms with Crippen LogP contribution < -0.4 is 10.6 Å². The Labute approximate surface area is 322 Å². The number of esters is 3. The van der Waals surface area contributed by atoms with Crippen molar-refractivity contribution in [2.24, 2.45) is 10.8 Å². The Hall–Kier alpha value is -4.71. The molecule has 4 heterocycles. The number of ether oxygens (including phenoxy) is 5. The van der Waals surface area contributed by atoms with E-state index in [1.54, 1.807) is 44.2 Å². The van der Waals surface area contributed by atoms with Gasteiger partial charge in [0.2, 0.25) is 17.9 Å². The topological polar surface area (TPSA) is 208 Å². The molecular formula is C40H45N3O13. The summed E-state index contributed by atoms with van der Waals surface area (Å²) in [5, 5.41) is 26.5. The van der Waals surface area contributed by atoms with E-state index in [4.69, 9.17) is 28.5 Å². The van der Waals surface area contributed by atoms with Gasteiger partial charge in [0, 0.05) is 37.3 Å². The molecule has 2 aromatic rings. The zero-order valence-corrected chi connectivity index (χ0v) is 31.2. The Morgan fingerprint density at radius 3 is 2.36 bits per heavy atom. The lowest BCUT2D eigenvalue weighted by atomic mass is 9.62. The van der Waals surface area contributed by atoms with Crippen LogP contribution in [0.2, 0.25) is 0 Å². The highest BCUT2D eigenvalue weighted by molar-refractivity contribution is 5.96. The number of carbonyl (C=O) groups excluding carboxylic acids is 5. The number of fused-ring (bicyclic) bond motifs is 5. The van der Waals surface area contributed by atoms with Gasteiger partial charge in [-0.15, -0.1) is 0 Å². The van der Waals surface area contributed by atoms with Crippen molar-refractivity contribution in [3.63, 3.8) is 0 Å². The predicted octanol–water partition coefficient (Wildman–Crippen LogP) is 0.248. The normalized spacial score (nSPS) is 31.7. The largest absolute Gasteiger partial charge is 0.462 e. The van der Waals surface area contributed by atoms with Crippen LogP contribution >= 0.6 is 0 Å². The molecule has 0 radical (unpaired) electrons. The van der Waals surface area contributed by atoms with Gasteiger partial charge in [0.25, 0.3) is 0 Å². The van der Waals surface area contributed by atoms with Crippen molar-refractivity contribution in [1.29, 1.82) is 0 Å². The second kappa shape index (κ2) is 14.3. The van der Waals surface area contributed by atoms with Crippen LogP contribution in [0.3, 0.4) is 0 Å². The smallest absolute Gasteiger partial charge is 0.348 e. The number of carbonyl (C=O) groups is 5. The number of cyclic esters (lactones) is 1. The Morgan fingerprint density at radius 1 is 1.02 bits per heavy atom. The van der Waals surface area contributed by atoms with Crippen LogP contribution in [0.1, 0.15) is 49.4 Å². The second-order valence-corrected chi connectivity index (χ2v) is 16.1. The summed E-state index contributed by atoms with van der Waals surface area (Å²) < 4.78 is 29.9. The van der Waals surface area contributed by atoms with Crippen molar-refractivity contribution in [3.8, 4) is 0 Å². The first-order valence-corrected chi connectivity index (χ1v) is 18.8. The zero-order chi connectivity index (χ0) is 39.6. The summed E-state index contributed by atoms with van der Waals surface area (Å²) in [6.45, 7) is 4.67. The molecule has 1 spiro atoms. The van der Waals surface area contributed by atoms with Gasteiger partial charge in [0.1, 0.15) is 42.5 Å². The average molecular weight is 776 g/mol. The average Bonchev–Trinajstić information content (AvgIpc) is 3.90. The maximum absolute atomic E-state index is 14.7. The molecule has 1 saturated carbocycles. The second-order valence-electron chi connectivity index (χ2n) is 16.1. The Balaban J connectivity index is 1.05. The Kier molecular flexibility index (Phi) is 9.78. The molecule has 56 heavy (non-hydrogen) atoms. The van der Waals surface area contributed by atoms with E-state index in [2.05, 4.69) is 10.6 Å². The van der Waals surface area contributed by atoms with Gasteiger partial charge in [-0.3, -0.25) is 19.2 Å². The van der Waals surface area contributed by atoms with E-state index in [1.807, 2.05) is 24.3 Å². The van der Waals surface area contributed by atoms with E-state index in [-0.39, 0.29) is 32.7 Å². The first kappa shape index (κ1) is 38.2. The lowest BCUT2D eigenvalue weighted by molar-refractivity contribution is -0.217. The SMILES string of the molecule is C[C@H](O)[C@@H](NC(=O)[C@@]12C[C@H]3OC(=O)[C@@H]1N(Cc1ccc(C=CC(=O)O[C@H]4C(=O)OCC4(C)C)cc1)O[C@@H]2[C@H]1OC2(Cc4ccccc4C2)O[C@H]13)C(=O)NCCO. The molecule has 2 amide bonds. The van der Waals surface area contributed by atoms with Crippen LogP contribution in [0.4, 0.5) is 0 Å². The minimum absolute atomic E-state index is 0.00431. The summed E-state index contributed by atoms with van der Waals surface area (Å²) in [5.41, 5.74) is 1.22. The molecule has 16 nitrogen and oxygen atoms in total. The first-order chi connectivity index (χ1) is 26.7. The van der Waals surface area contributed by atoms with Gasteiger partial charge < -0.3 is 44.5 Å². The molecule has 2 aliphatic carbocycles. The number of amides is 2. The molecule has 4 N–H and O–H groups in total. The predicted molar refractivity (Wildman–Crippen MR) is 191 cm³/mol. The van der Waals surface area contributed by atoms with Gasteiger partial charge in [-0.25, -0.2) is 9.59 Å². The molecule has 5 fully saturated rings. The minimum Gasteiger partial charge on any atom is -0.462 e. The number of nitrogens with zero attached hydrogens (tertiary/aromatic N) is 1. The summed E-state index contributed by atoms with van der Waals surface area (Å²) in [5.74, 6) is -4.45. The molecule has 0 unspecified atom stereocenters. The summed E-state index contributed by atoms with van der Waals surface area (Å²) in [7, 11) is 0. The van der Waals surface area contributed by atoms with E-state index < -0.39 is 95.0 Å². The summed E-state index contributed by atoms with van der Waals surface area (Å²) in [4.78, 5) is 73.0. The standard InChI is InChI=1S/C40H45N3O13/c1-21(45)28(34(47)41-14-15-44)42-37(50)40-18-26-29-30(55-39(54-29)16-24-6-4-5-7-25(24)17-39)32(40)56-43(31(40)35(48)52-26)19-23-10-8-22(9-11-23)12-13-27(46)53-33-36(49)51-20-38(33,2)3/h4-13,21,26,28-33,44-45H,14-20H2,1-3H3,(H,41,47)(H,42,50)/t21-,26+,28+,29-,30-,31-,32+,33-,40-/m0/s1. The Bertz CT molecular complexity index is 1920. The van der Waals surface area contributed by atoms with Crippen molar-refractivity contribution in [2.45, 2.75) is 101 Å². The van der Waals surface area contributed by atoms with Gasteiger partial charge >= 0.3 is 17.9 Å². The molecule has 9 atom stereocenters. The van der Waals surface area contributed by atoms with Gasteiger partial charge in [-0.2, -0.15) is 5.06 Å². The highest BCUT2D eigenvalue weighted by Crippen LogP contribution is 2.58. The lowest BCUT2D eigenvalue weighted by Crippen LogP contribution is -2.71. The maximum Gasteiger partial charge on any atom is 0.348 e. The lowest BCUT2D eigenvalue weighted by Gasteiger charge is -2.49. The number of hydrogen-bond donors (Lipinski definition) is 4. The highest BCUT2D eigenvalue weighted by Gasteiger charge is 2.76. The number of nitrogens with one attached hydrogen (secondary N) is 2. The van der Waals surface area contributed by atoms with Crippen LogP contribution in [-0.4, -0.2) is 119 Å². The summed E-state index contributed by atoms with van der Waals surface area (Å²) >= 11 is 0. The molecule has 16 heteroatoms. The van der Waals surface area contributed by atoms with Crippen molar-refractivity contribution < 1.29 is 62.7 Å². The summed E-state index contributed by atoms with van der Waals surface area (Å²) in [6, 6.07) is 12.3. The maximum atomic E-state index is 14.7. The number of hydrogen-bond acceptors (Lipinski definition) is 14. The monoisotopic (exact) mass is 775 g/mol. The van der Waals surface area contributed by atoms with Gasteiger partial charge in [0.05, 0.1) is 19.3 Å². The van der Waals surface area contributed by atoms with Crippen molar-refractivity contribution >= 4 is 35.8 Å². The molecule has 0 aromatic heterocycles. The van der Waals surface area contributed by atoms with Crippen LogP contribution in [0.15, 0.2) is 54.6 Å². The van der Waals surface area contributed by atoms with Crippen LogP contribution in [0.25, 0.3) is 6.08 Å². The number of benzene rings is 2. The molecular weight excluding hydrogens is 730 g/mol. The molecule has 8 rings (SSSR count). The third-order valence-corrected chi connectivity index (χ3v) is 11.7. The van der Waals surface area contributed by atoms with Crippen LogP contribution in [0.5, 0.6) is 0 Å². The number of aliphatic hydroxyl groups is 2. The Morgan fingerprint density at radius 2 is 1.71 bits per heavy atom. The number of hydroxylamine groups is 2. The van der Waals surface area contributed by atoms with Crippen molar-refractivity contribution in [2.75, 3.05) is 19.8 Å². The van der Waals surface area contributed by atoms with Crippen molar-refractivity contribution in [1.82, 2.24) is 15.7 Å². The fraction of sp³-hybridized carbons (Fsp3) is 0.525. The van der Waals surface area contributed by atoms with E-state index >= 15 is 0 Å². The van der Waals surface area contributed by atoms with E-state index in [1.165, 1.54) is 18.1 Å². The third-order valence-electron chi connectivity index (χ3n) is 11.7. The van der Waals surface area contributed by atoms with Crippen molar-refractivity contribution in [3.05, 3.63) is 76.9 Å². The van der Waals surface area contributed by atoms with Gasteiger partial charge in [-0.1, -0.05) is 62.4 Å². The highest BCUT2D eigenvalue weighted by atomic mass is 16.8. The fourth-order valence-corrected chi connectivity index (χ4v) is 8.90. The fourth-order valence-electron chi connectivity index (χ4n) is 8.90. The molecule has 298 valence electrons. The van der Waals surface area contributed by atoms with E-state index in [9.17, 15) is 34.2 Å². The minimum atomic E-state index is -1.62. The molecule has 2 aromatic carbocycles. The molecule has 2 bridgehead atoms. The zero-order valence-electron chi connectivity index (χ0n) is 31.2. The van der Waals surface area contributed by atoms with Gasteiger partial charge in [-0.05, 0) is 35.3 Å². The van der Waals surface area contributed by atoms with Crippen LogP contribution in [-0.2, 0) is 71.9 Å². The van der Waals surface area contributed by atoms with E-state index in [0.29, 0.717) is 24.0 Å². The number of aliphatic hydroxyl groups excluding tert-OH is 2. The molecule has 6 aliphatic rings. The summed E-state index contributed by atoms with van der Waals surface area (Å²) in [6.07, 6.45) is -2.15. The van der Waals surface area contributed by atoms with Crippen LogP contribution in [0, 0.1) is 10.8 Å². The molecule has 4 aliphatic heterocycles. The molecule has 4 saturated heterocycles. The van der Waals surface area contributed by atoms with E-state index in [0.717, 1.165) is 11.1 Å². The number of rotatable bonds is 11. The van der Waals surface area contributed by atoms with Gasteiger partial charge in [0.15, 0.2) is 11.8 Å². The third kappa shape index (κ3) is 6.57.